The summed E-state index contributed by atoms with van der Waals surface area (Å²) in [4.78, 5) is 0. The van der Waals surface area contributed by atoms with Crippen LogP contribution in [0.1, 0.15) is 19.3 Å². The van der Waals surface area contributed by atoms with Crippen LogP contribution in [-0.4, -0.2) is 43.5 Å². The van der Waals surface area contributed by atoms with E-state index >= 15 is 0 Å². The minimum atomic E-state index is -2.96. The van der Waals surface area contributed by atoms with Crippen LogP contribution in [0.25, 0.3) is 0 Å². The molecule has 0 amide bonds. The number of thioether (sulfide) groups is 1. The van der Waals surface area contributed by atoms with E-state index in [1.807, 2.05) is 24.3 Å². The maximum Gasteiger partial charge on any atom is 0.210 e. The number of hydrogen-bond donors (Lipinski definition) is 1. The zero-order chi connectivity index (χ0) is 17.9. The highest BCUT2D eigenvalue weighted by Gasteiger charge is 2.40. The summed E-state index contributed by atoms with van der Waals surface area (Å²) in [6, 6.07) is 7.62. The number of nitrogens with one attached hydrogen (secondary N) is 1. The van der Waals surface area contributed by atoms with Crippen LogP contribution in [0.15, 0.2) is 28.6 Å². The molecule has 6 nitrogen and oxygen atoms in total. The van der Waals surface area contributed by atoms with Crippen LogP contribution in [0.2, 0.25) is 0 Å². The van der Waals surface area contributed by atoms with Gasteiger partial charge in [0.1, 0.15) is 15.6 Å². The molecule has 1 aromatic heterocycles. The molecule has 1 aromatic carbocycles. The van der Waals surface area contributed by atoms with Gasteiger partial charge in [-0.25, -0.2) is 8.42 Å². The molecule has 2 aromatic rings. The van der Waals surface area contributed by atoms with Crippen molar-refractivity contribution in [2.24, 2.45) is 5.41 Å². The molecular weight excluding hydrogens is 378 g/mol. The summed E-state index contributed by atoms with van der Waals surface area (Å²) in [5.74, 6) is 1.81. The lowest BCUT2D eigenvalue weighted by molar-refractivity contribution is 0.201. The Kier molecular flexibility index (Phi) is 5.55. The van der Waals surface area contributed by atoms with Crippen molar-refractivity contribution in [1.29, 1.82) is 0 Å². The Hall–Kier alpha value is -1.32. The van der Waals surface area contributed by atoms with Gasteiger partial charge in [0, 0.05) is 23.8 Å². The van der Waals surface area contributed by atoms with Crippen LogP contribution in [-0.2, 0) is 9.84 Å². The van der Waals surface area contributed by atoms with Gasteiger partial charge in [-0.3, -0.25) is 0 Å². The summed E-state index contributed by atoms with van der Waals surface area (Å²) in [5.41, 5.74) is 0.796. The van der Waals surface area contributed by atoms with Crippen molar-refractivity contribution in [3.05, 3.63) is 24.3 Å². The first-order chi connectivity index (χ1) is 11.9. The van der Waals surface area contributed by atoms with E-state index in [9.17, 15) is 8.42 Å². The van der Waals surface area contributed by atoms with Crippen molar-refractivity contribution < 1.29 is 13.2 Å². The number of hydrogen-bond acceptors (Lipinski definition) is 8. The highest BCUT2D eigenvalue weighted by Crippen LogP contribution is 2.46. The average molecular weight is 400 g/mol. The summed E-state index contributed by atoms with van der Waals surface area (Å²) in [5, 5.41) is 12.3. The van der Waals surface area contributed by atoms with E-state index in [0.29, 0.717) is 5.13 Å². The molecule has 1 aliphatic rings. The van der Waals surface area contributed by atoms with Crippen molar-refractivity contribution in [1.82, 2.24) is 10.2 Å². The van der Waals surface area contributed by atoms with Crippen molar-refractivity contribution in [2.75, 3.05) is 30.2 Å². The Morgan fingerprint density at radius 3 is 2.80 bits per heavy atom. The minimum Gasteiger partial charge on any atom is -0.497 e. The van der Waals surface area contributed by atoms with Gasteiger partial charge in [0.05, 0.1) is 12.9 Å². The third-order valence-electron chi connectivity index (χ3n) is 4.21. The molecule has 0 aliphatic heterocycles. The molecule has 0 bridgehead atoms. The predicted octanol–water partition coefficient (Wildman–Crippen LogP) is 3.60. The van der Waals surface area contributed by atoms with Crippen molar-refractivity contribution in [3.63, 3.8) is 0 Å². The van der Waals surface area contributed by atoms with Crippen LogP contribution in [0.3, 0.4) is 0 Å². The van der Waals surface area contributed by atoms with E-state index < -0.39 is 9.84 Å². The van der Waals surface area contributed by atoms with Gasteiger partial charge in [0.2, 0.25) is 5.13 Å². The maximum absolute atomic E-state index is 11.7. The fraction of sp³-hybridized carbons (Fsp3) is 0.500. The first-order valence-corrected chi connectivity index (χ1v) is 11.8. The van der Waals surface area contributed by atoms with E-state index in [1.54, 1.807) is 18.9 Å². The Morgan fingerprint density at radius 1 is 1.36 bits per heavy atom. The van der Waals surface area contributed by atoms with Gasteiger partial charge in [0.15, 0.2) is 4.34 Å². The Labute approximate surface area is 156 Å². The molecule has 0 spiro atoms. The molecule has 136 valence electrons. The number of methoxy groups -OCH3 is 1. The van der Waals surface area contributed by atoms with Crippen LogP contribution in [0, 0.1) is 5.41 Å². The molecule has 1 fully saturated rings. The molecule has 1 N–H and O–H groups in total. The lowest BCUT2D eigenvalue weighted by Gasteiger charge is -2.40. The van der Waals surface area contributed by atoms with Gasteiger partial charge in [-0.15, -0.1) is 10.2 Å². The highest BCUT2D eigenvalue weighted by molar-refractivity contribution is 8.01. The standard InChI is InChI=1S/C16H21N3O3S3/c1-22-13-6-3-5-12(9-13)17-14-18-19-15(24-14)23-10-16(7-4-8-16)11-25(2,20)21/h3,5-6,9H,4,7-8,10-11H2,1-2H3,(H,17,18). The van der Waals surface area contributed by atoms with E-state index in [1.165, 1.54) is 17.6 Å². The molecule has 25 heavy (non-hydrogen) atoms. The van der Waals surface area contributed by atoms with Crippen molar-refractivity contribution in [2.45, 2.75) is 23.6 Å². The predicted molar refractivity (Wildman–Crippen MR) is 103 cm³/mol. The number of nitrogens with zero attached hydrogens (tertiary/aromatic N) is 2. The molecule has 0 saturated heterocycles. The number of aromatic nitrogens is 2. The molecule has 0 unspecified atom stereocenters. The second-order valence-corrected chi connectivity index (χ2v) is 10.8. The summed E-state index contributed by atoms with van der Waals surface area (Å²) in [6.45, 7) is 0. The van der Waals surface area contributed by atoms with Crippen molar-refractivity contribution in [3.8, 4) is 5.75 Å². The first-order valence-electron chi connectivity index (χ1n) is 7.93. The lowest BCUT2D eigenvalue weighted by atomic mass is 9.72. The summed E-state index contributed by atoms with van der Waals surface area (Å²) in [7, 11) is -1.33. The van der Waals surface area contributed by atoms with Gasteiger partial charge in [-0.1, -0.05) is 35.6 Å². The molecule has 0 radical (unpaired) electrons. The van der Waals surface area contributed by atoms with Gasteiger partial charge < -0.3 is 10.1 Å². The zero-order valence-corrected chi connectivity index (χ0v) is 16.6. The quantitative estimate of drug-likeness (QED) is 0.679. The van der Waals surface area contributed by atoms with Gasteiger partial charge in [-0.2, -0.15) is 0 Å². The highest BCUT2D eigenvalue weighted by atomic mass is 32.2. The van der Waals surface area contributed by atoms with Crippen molar-refractivity contribution >= 4 is 43.8 Å². The number of benzene rings is 1. The minimum absolute atomic E-state index is 0.0929. The maximum atomic E-state index is 11.7. The van der Waals surface area contributed by atoms with E-state index in [0.717, 1.165) is 40.8 Å². The average Bonchev–Trinajstić information content (AvgIpc) is 2.96. The van der Waals surface area contributed by atoms with E-state index in [2.05, 4.69) is 15.5 Å². The van der Waals surface area contributed by atoms with E-state index in [-0.39, 0.29) is 11.2 Å². The normalized spacial score (nSPS) is 16.2. The molecule has 3 rings (SSSR count). The molecule has 9 heteroatoms. The summed E-state index contributed by atoms with van der Waals surface area (Å²) < 4.78 is 29.4. The number of sulfone groups is 1. The second-order valence-electron chi connectivity index (χ2n) is 6.44. The number of ether oxygens (including phenoxy) is 1. The topological polar surface area (TPSA) is 81.2 Å². The monoisotopic (exact) mass is 399 g/mol. The van der Waals surface area contributed by atoms with Crippen LogP contribution < -0.4 is 10.1 Å². The second kappa shape index (κ2) is 7.51. The Bertz CT molecular complexity index is 832. The fourth-order valence-corrected chi connectivity index (χ4v) is 6.62. The molecule has 1 heterocycles. The fourth-order valence-electron chi connectivity index (χ4n) is 2.92. The van der Waals surface area contributed by atoms with Gasteiger partial charge in [-0.05, 0) is 30.4 Å². The summed E-state index contributed by atoms with van der Waals surface area (Å²) in [6.07, 6.45) is 4.37. The Balaban J connectivity index is 1.60. The SMILES string of the molecule is COc1cccc(Nc2nnc(SCC3(CS(C)(=O)=O)CCC3)s2)c1. The third kappa shape index (κ3) is 5.08. The van der Waals surface area contributed by atoms with Gasteiger partial charge in [0.25, 0.3) is 0 Å². The molecular formula is C16H21N3O3S3. The zero-order valence-electron chi connectivity index (χ0n) is 14.2. The largest absolute Gasteiger partial charge is 0.497 e. The number of anilines is 2. The van der Waals surface area contributed by atoms with Crippen LogP contribution in [0.5, 0.6) is 5.75 Å². The molecule has 0 atom stereocenters. The number of rotatable bonds is 8. The Morgan fingerprint density at radius 2 is 2.16 bits per heavy atom. The van der Waals surface area contributed by atoms with E-state index in [4.69, 9.17) is 4.74 Å². The first kappa shape index (κ1) is 18.5. The molecule has 1 saturated carbocycles. The molecule has 1 aliphatic carbocycles. The van der Waals surface area contributed by atoms with Gasteiger partial charge >= 0.3 is 0 Å². The van der Waals surface area contributed by atoms with Crippen LogP contribution >= 0.6 is 23.1 Å². The smallest absolute Gasteiger partial charge is 0.210 e. The van der Waals surface area contributed by atoms with Crippen LogP contribution in [0.4, 0.5) is 10.8 Å². The summed E-state index contributed by atoms with van der Waals surface area (Å²) >= 11 is 3.07. The lowest BCUT2D eigenvalue weighted by Crippen LogP contribution is -2.38. The third-order valence-corrected chi connectivity index (χ3v) is 7.67.